The van der Waals surface area contributed by atoms with Gasteiger partial charge < -0.3 is 10.1 Å². The van der Waals surface area contributed by atoms with E-state index in [0.717, 1.165) is 28.9 Å². The second kappa shape index (κ2) is 7.37. The molecule has 0 spiro atoms. The molecule has 0 aromatic heterocycles. The molecule has 1 rings (SSSR count). The molecule has 0 aliphatic rings. The zero-order valence-corrected chi connectivity index (χ0v) is 11.9. The number of benzene rings is 1. The molecule has 1 aromatic carbocycles. The van der Waals surface area contributed by atoms with E-state index in [-0.39, 0.29) is 0 Å². The maximum atomic E-state index is 5.55. The van der Waals surface area contributed by atoms with Gasteiger partial charge in [0.05, 0.1) is 4.47 Å². The first-order valence-electron chi connectivity index (χ1n) is 5.69. The fourth-order valence-corrected chi connectivity index (χ4v) is 1.99. The summed E-state index contributed by atoms with van der Waals surface area (Å²) in [6.45, 7) is 6.44. The summed E-state index contributed by atoms with van der Waals surface area (Å²) in [4.78, 5) is 0. The summed E-state index contributed by atoms with van der Waals surface area (Å²) in [5.41, 5.74) is 1.12. The van der Waals surface area contributed by atoms with E-state index in [0.29, 0.717) is 12.5 Å². The first-order chi connectivity index (χ1) is 8.15. The molecule has 1 N–H and O–H groups in total. The number of ether oxygens (including phenoxy) is 1. The van der Waals surface area contributed by atoms with Crippen LogP contribution < -0.4 is 10.1 Å². The Hall–Kier alpha value is -0.980. The van der Waals surface area contributed by atoms with E-state index < -0.39 is 0 Å². The fraction of sp³-hybridized carbons (Fsp3) is 0.429. The van der Waals surface area contributed by atoms with Crippen molar-refractivity contribution in [1.82, 2.24) is 5.32 Å². The Bertz CT molecular complexity index is 396. The van der Waals surface area contributed by atoms with Gasteiger partial charge in [-0.3, -0.25) is 0 Å². The van der Waals surface area contributed by atoms with Gasteiger partial charge in [-0.2, -0.15) is 0 Å². The molecular weight excluding hydrogens is 278 g/mol. The smallest absolute Gasteiger partial charge is 0.148 e. The van der Waals surface area contributed by atoms with Gasteiger partial charge in [0.15, 0.2) is 0 Å². The third-order valence-corrected chi connectivity index (χ3v) is 2.84. The van der Waals surface area contributed by atoms with Crippen molar-refractivity contribution in [2.24, 2.45) is 5.92 Å². The van der Waals surface area contributed by atoms with Crippen LogP contribution in [0.2, 0.25) is 0 Å². The molecule has 3 heteroatoms. The van der Waals surface area contributed by atoms with E-state index in [9.17, 15) is 0 Å². The molecule has 0 aliphatic heterocycles. The largest absolute Gasteiger partial charge is 0.479 e. The Morgan fingerprint density at radius 2 is 2.24 bits per heavy atom. The Labute approximate surface area is 112 Å². The van der Waals surface area contributed by atoms with Crippen LogP contribution in [0, 0.1) is 18.3 Å². The summed E-state index contributed by atoms with van der Waals surface area (Å²) in [6, 6.07) is 6.00. The van der Waals surface area contributed by atoms with E-state index in [2.05, 4.69) is 41.0 Å². The van der Waals surface area contributed by atoms with E-state index in [4.69, 9.17) is 11.2 Å². The van der Waals surface area contributed by atoms with Crippen molar-refractivity contribution < 1.29 is 4.74 Å². The minimum Gasteiger partial charge on any atom is -0.479 e. The quantitative estimate of drug-likeness (QED) is 0.814. The molecule has 0 aliphatic carbocycles. The normalized spacial score (nSPS) is 10.3. The van der Waals surface area contributed by atoms with Gasteiger partial charge in [0.1, 0.15) is 12.4 Å². The lowest BCUT2D eigenvalue weighted by Gasteiger charge is -2.13. The Balaban J connectivity index is 2.69. The van der Waals surface area contributed by atoms with Crippen molar-refractivity contribution >= 4 is 15.9 Å². The summed E-state index contributed by atoms with van der Waals surface area (Å²) >= 11 is 3.48. The van der Waals surface area contributed by atoms with Crippen LogP contribution in [0.25, 0.3) is 0 Å². The lowest BCUT2D eigenvalue weighted by Crippen LogP contribution is -2.19. The zero-order chi connectivity index (χ0) is 12.7. The summed E-state index contributed by atoms with van der Waals surface area (Å²) in [5, 5.41) is 3.39. The lowest BCUT2D eigenvalue weighted by molar-refractivity contribution is 0.362. The third kappa shape index (κ3) is 4.80. The number of rotatable bonds is 6. The maximum Gasteiger partial charge on any atom is 0.148 e. The standard InChI is InChI=1S/C14H18BrNO/c1-4-8-17-14-12(6-5-7-13(14)15)10-16-9-11(2)3/h1,5-7,11,16H,8-10H2,2-3H3. The van der Waals surface area contributed by atoms with E-state index in [1.165, 1.54) is 0 Å². The monoisotopic (exact) mass is 295 g/mol. The number of para-hydroxylation sites is 1. The van der Waals surface area contributed by atoms with Gasteiger partial charge in [0.2, 0.25) is 0 Å². The van der Waals surface area contributed by atoms with Crippen LogP contribution >= 0.6 is 15.9 Å². The summed E-state index contributed by atoms with van der Waals surface area (Å²) < 4.78 is 6.49. The van der Waals surface area contributed by atoms with E-state index >= 15 is 0 Å². The van der Waals surface area contributed by atoms with Crippen LogP contribution in [-0.4, -0.2) is 13.2 Å². The van der Waals surface area contributed by atoms with Crippen LogP contribution in [0.4, 0.5) is 0 Å². The highest BCUT2D eigenvalue weighted by molar-refractivity contribution is 9.10. The van der Waals surface area contributed by atoms with Gasteiger partial charge in [-0.05, 0) is 34.5 Å². The highest BCUT2D eigenvalue weighted by Gasteiger charge is 2.07. The molecule has 92 valence electrons. The van der Waals surface area contributed by atoms with Crippen molar-refractivity contribution in [3.8, 4) is 18.1 Å². The number of terminal acetylenes is 1. The summed E-state index contributed by atoms with van der Waals surface area (Å²) in [5.74, 6) is 3.95. The van der Waals surface area contributed by atoms with Crippen LogP contribution in [-0.2, 0) is 6.54 Å². The molecule has 0 atom stereocenters. The number of hydrogen-bond donors (Lipinski definition) is 1. The lowest BCUT2D eigenvalue weighted by atomic mass is 10.2. The average Bonchev–Trinajstić information content (AvgIpc) is 2.28. The fourth-order valence-electron chi connectivity index (χ4n) is 1.46. The Morgan fingerprint density at radius 1 is 1.47 bits per heavy atom. The molecule has 0 fully saturated rings. The van der Waals surface area contributed by atoms with Gasteiger partial charge in [-0.15, -0.1) is 6.42 Å². The minimum absolute atomic E-state index is 0.291. The van der Waals surface area contributed by atoms with Gasteiger partial charge in [-0.1, -0.05) is 31.9 Å². The van der Waals surface area contributed by atoms with Crippen molar-refractivity contribution in [1.29, 1.82) is 0 Å². The van der Waals surface area contributed by atoms with E-state index in [1.54, 1.807) is 0 Å². The van der Waals surface area contributed by atoms with Crippen LogP contribution in [0.15, 0.2) is 22.7 Å². The topological polar surface area (TPSA) is 21.3 Å². The molecule has 0 amide bonds. The Kier molecular flexibility index (Phi) is 6.10. The third-order valence-electron chi connectivity index (χ3n) is 2.22. The van der Waals surface area contributed by atoms with Crippen LogP contribution in [0.3, 0.4) is 0 Å². The number of hydrogen-bond acceptors (Lipinski definition) is 2. The van der Waals surface area contributed by atoms with Gasteiger partial charge in [-0.25, -0.2) is 0 Å². The minimum atomic E-state index is 0.291. The Morgan fingerprint density at radius 3 is 2.88 bits per heavy atom. The molecule has 0 heterocycles. The first kappa shape index (κ1) is 14.1. The van der Waals surface area contributed by atoms with Crippen LogP contribution in [0.1, 0.15) is 19.4 Å². The molecule has 0 saturated carbocycles. The highest BCUT2D eigenvalue weighted by atomic mass is 79.9. The second-order valence-electron chi connectivity index (χ2n) is 4.25. The predicted octanol–water partition coefficient (Wildman–Crippen LogP) is 3.21. The molecule has 1 aromatic rings. The van der Waals surface area contributed by atoms with Gasteiger partial charge in [0.25, 0.3) is 0 Å². The molecule has 17 heavy (non-hydrogen) atoms. The second-order valence-corrected chi connectivity index (χ2v) is 5.10. The van der Waals surface area contributed by atoms with E-state index in [1.807, 2.05) is 18.2 Å². The molecule has 0 unspecified atom stereocenters. The first-order valence-corrected chi connectivity index (χ1v) is 6.48. The van der Waals surface area contributed by atoms with Gasteiger partial charge in [0, 0.05) is 12.1 Å². The molecule has 0 radical (unpaired) electrons. The molecular formula is C14H18BrNO. The van der Waals surface area contributed by atoms with Crippen molar-refractivity contribution in [3.63, 3.8) is 0 Å². The predicted molar refractivity (Wildman–Crippen MR) is 75.0 cm³/mol. The molecule has 2 nitrogen and oxygen atoms in total. The summed E-state index contributed by atoms with van der Waals surface area (Å²) in [6.07, 6.45) is 5.21. The molecule has 0 saturated heterocycles. The zero-order valence-electron chi connectivity index (χ0n) is 10.3. The number of halogens is 1. The SMILES string of the molecule is C#CCOc1c(Br)cccc1CNCC(C)C. The highest BCUT2D eigenvalue weighted by Crippen LogP contribution is 2.28. The maximum absolute atomic E-state index is 5.55. The van der Waals surface area contributed by atoms with Crippen molar-refractivity contribution in [2.45, 2.75) is 20.4 Å². The average molecular weight is 296 g/mol. The van der Waals surface area contributed by atoms with Crippen molar-refractivity contribution in [3.05, 3.63) is 28.2 Å². The number of nitrogens with one attached hydrogen (secondary N) is 1. The van der Waals surface area contributed by atoms with Crippen molar-refractivity contribution in [2.75, 3.05) is 13.2 Å². The van der Waals surface area contributed by atoms with Crippen LogP contribution in [0.5, 0.6) is 5.75 Å². The molecule has 0 bridgehead atoms. The van der Waals surface area contributed by atoms with Gasteiger partial charge >= 0.3 is 0 Å². The summed E-state index contributed by atoms with van der Waals surface area (Å²) in [7, 11) is 0.